The van der Waals surface area contributed by atoms with Crippen LogP contribution in [0.5, 0.6) is 0 Å². The van der Waals surface area contributed by atoms with Crippen molar-refractivity contribution in [1.82, 2.24) is 0 Å². The maximum atomic E-state index is 6.04. The predicted molar refractivity (Wildman–Crippen MR) is 102 cm³/mol. The first kappa shape index (κ1) is 19.1. The summed E-state index contributed by atoms with van der Waals surface area (Å²) in [6, 6.07) is 0. The molecule has 4 fully saturated rings. The number of hydrogen-bond acceptors (Lipinski definition) is 5. The third kappa shape index (κ3) is 3.73. The SMILES string of the molecule is CCCOC(=COC=C(OCCC)C12CCCCC1O2)C12CCCCC1O2. The Labute approximate surface area is 163 Å². The molecule has 0 amide bonds. The van der Waals surface area contributed by atoms with Crippen molar-refractivity contribution < 1.29 is 23.7 Å². The van der Waals surface area contributed by atoms with Crippen LogP contribution in [0.1, 0.15) is 78.1 Å². The van der Waals surface area contributed by atoms with Crippen LogP contribution >= 0.6 is 0 Å². The van der Waals surface area contributed by atoms with Crippen molar-refractivity contribution in [2.24, 2.45) is 0 Å². The lowest BCUT2D eigenvalue weighted by molar-refractivity contribution is 0.123. The zero-order valence-electron chi connectivity index (χ0n) is 16.8. The fourth-order valence-electron chi connectivity index (χ4n) is 4.67. The zero-order valence-corrected chi connectivity index (χ0v) is 16.8. The van der Waals surface area contributed by atoms with E-state index in [0.29, 0.717) is 25.4 Å². The lowest BCUT2D eigenvalue weighted by Gasteiger charge is -2.22. The van der Waals surface area contributed by atoms with Crippen molar-refractivity contribution >= 4 is 0 Å². The van der Waals surface area contributed by atoms with Crippen LogP contribution in [-0.2, 0) is 23.7 Å². The Balaban J connectivity index is 1.47. The molecule has 0 spiro atoms. The van der Waals surface area contributed by atoms with Crippen LogP contribution < -0.4 is 0 Å². The Bertz CT molecular complexity index is 535. The van der Waals surface area contributed by atoms with Gasteiger partial charge in [-0.05, 0) is 51.4 Å². The van der Waals surface area contributed by atoms with Crippen LogP contribution in [0.15, 0.2) is 24.0 Å². The van der Waals surface area contributed by atoms with Crippen molar-refractivity contribution in [3.8, 4) is 0 Å². The fraction of sp³-hybridized carbons (Fsp3) is 0.818. The number of ether oxygens (including phenoxy) is 5. The highest BCUT2D eigenvalue weighted by molar-refractivity contribution is 5.25. The molecule has 4 rings (SSSR count). The summed E-state index contributed by atoms with van der Waals surface area (Å²) in [5.74, 6) is 1.68. The van der Waals surface area contributed by atoms with Crippen molar-refractivity contribution in [3.63, 3.8) is 0 Å². The standard InChI is InChI=1S/C22H34O5/c1-3-13-24-19(21-11-7-5-9-17(21)26-21)15-23-16-20(25-14-4-2)22-12-8-6-10-18(22)27-22/h15-18H,3-14H2,1-2H3. The molecule has 0 aromatic carbocycles. The van der Waals surface area contributed by atoms with Crippen LogP contribution in [0, 0.1) is 0 Å². The van der Waals surface area contributed by atoms with Gasteiger partial charge in [0, 0.05) is 0 Å². The van der Waals surface area contributed by atoms with Gasteiger partial charge in [0.15, 0.2) is 22.7 Å². The molecule has 2 saturated heterocycles. The van der Waals surface area contributed by atoms with E-state index in [1.807, 2.05) is 0 Å². The Morgan fingerprint density at radius 2 is 1.30 bits per heavy atom. The Morgan fingerprint density at radius 3 is 1.70 bits per heavy atom. The smallest absolute Gasteiger partial charge is 0.165 e. The minimum atomic E-state index is -0.243. The number of hydrogen-bond donors (Lipinski definition) is 0. The van der Waals surface area contributed by atoms with Crippen LogP contribution in [0.25, 0.3) is 0 Å². The third-order valence-corrected chi connectivity index (χ3v) is 6.27. The molecule has 0 N–H and O–H groups in total. The Hall–Kier alpha value is -1.20. The van der Waals surface area contributed by atoms with Gasteiger partial charge in [0.1, 0.15) is 12.5 Å². The molecule has 2 heterocycles. The fourth-order valence-corrected chi connectivity index (χ4v) is 4.67. The average Bonchev–Trinajstić information content (AvgIpc) is 3.59. The molecule has 4 atom stereocenters. The summed E-state index contributed by atoms with van der Waals surface area (Å²) < 4.78 is 30.0. The maximum absolute atomic E-state index is 6.04. The molecule has 2 aliphatic carbocycles. The molecular weight excluding hydrogens is 344 g/mol. The van der Waals surface area contributed by atoms with Gasteiger partial charge in [-0.3, -0.25) is 0 Å². The highest BCUT2D eigenvalue weighted by Gasteiger charge is 2.62. The van der Waals surface area contributed by atoms with Gasteiger partial charge >= 0.3 is 0 Å². The van der Waals surface area contributed by atoms with E-state index in [1.165, 1.54) is 25.7 Å². The quantitative estimate of drug-likeness (QED) is 0.397. The molecule has 152 valence electrons. The lowest BCUT2D eigenvalue weighted by atomic mass is 9.87. The molecule has 0 aromatic rings. The summed E-state index contributed by atoms with van der Waals surface area (Å²) in [5.41, 5.74) is -0.485. The van der Waals surface area contributed by atoms with E-state index in [1.54, 1.807) is 12.5 Å². The Morgan fingerprint density at radius 1 is 0.815 bits per heavy atom. The first-order valence-corrected chi connectivity index (χ1v) is 10.9. The van der Waals surface area contributed by atoms with E-state index >= 15 is 0 Å². The molecule has 0 bridgehead atoms. The molecular formula is C22H34O5. The van der Waals surface area contributed by atoms with Crippen LogP contribution in [0.3, 0.4) is 0 Å². The van der Waals surface area contributed by atoms with Crippen LogP contribution in [0.4, 0.5) is 0 Å². The van der Waals surface area contributed by atoms with Gasteiger partial charge in [0.05, 0.1) is 25.4 Å². The molecule has 0 radical (unpaired) electrons. The summed E-state index contributed by atoms with van der Waals surface area (Å²) in [7, 11) is 0. The highest BCUT2D eigenvalue weighted by atomic mass is 16.6. The van der Waals surface area contributed by atoms with Crippen molar-refractivity contribution in [1.29, 1.82) is 0 Å². The second kappa shape index (κ2) is 8.04. The Kier molecular flexibility index (Phi) is 5.70. The maximum Gasteiger partial charge on any atom is 0.165 e. The van der Waals surface area contributed by atoms with Crippen LogP contribution in [0.2, 0.25) is 0 Å². The number of epoxide rings is 2. The lowest BCUT2D eigenvalue weighted by Crippen LogP contribution is -2.25. The monoisotopic (exact) mass is 378 g/mol. The third-order valence-electron chi connectivity index (χ3n) is 6.27. The summed E-state index contributed by atoms with van der Waals surface area (Å²) >= 11 is 0. The molecule has 5 nitrogen and oxygen atoms in total. The molecule has 2 saturated carbocycles. The summed E-state index contributed by atoms with van der Waals surface area (Å²) in [5, 5.41) is 0. The van der Waals surface area contributed by atoms with E-state index in [9.17, 15) is 0 Å². The molecule has 5 heteroatoms. The largest absolute Gasteiger partial charge is 0.492 e. The summed E-state index contributed by atoms with van der Waals surface area (Å²) in [6.45, 7) is 5.60. The van der Waals surface area contributed by atoms with Gasteiger partial charge in [-0.1, -0.05) is 26.7 Å². The van der Waals surface area contributed by atoms with E-state index in [0.717, 1.165) is 50.0 Å². The van der Waals surface area contributed by atoms with E-state index in [-0.39, 0.29) is 11.2 Å². The zero-order chi connectivity index (χ0) is 18.7. The van der Waals surface area contributed by atoms with Crippen molar-refractivity contribution in [2.45, 2.75) is 101 Å². The molecule has 2 aliphatic heterocycles. The van der Waals surface area contributed by atoms with E-state index < -0.39 is 0 Å². The number of fused-ring (bicyclic) bond motifs is 2. The molecule has 4 unspecified atom stereocenters. The minimum absolute atomic E-state index is 0.243. The molecule has 0 aromatic heterocycles. The van der Waals surface area contributed by atoms with Gasteiger partial charge in [-0.2, -0.15) is 0 Å². The topological polar surface area (TPSA) is 52.8 Å². The predicted octanol–water partition coefficient (Wildman–Crippen LogP) is 4.96. The summed E-state index contributed by atoms with van der Waals surface area (Å²) in [4.78, 5) is 0. The van der Waals surface area contributed by atoms with E-state index in [2.05, 4.69) is 13.8 Å². The van der Waals surface area contributed by atoms with Crippen molar-refractivity contribution in [3.05, 3.63) is 24.0 Å². The van der Waals surface area contributed by atoms with Gasteiger partial charge in [-0.25, -0.2) is 0 Å². The van der Waals surface area contributed by atoms with Crippen LogP contribution in [-0.4, -0.2) is 36.6 Å². The normalized spacial score (nSPS) is 37.9. The number of rotatable bonds is 10. The first-order valence-electron chi connectivity index (χ1n) is 10.9. The van der Waals surface area contributed by atoms with Gasteiger partial charge < -0.3 is 23.7 Å². The summed E-state index contributed by atoms with van der Waals surface area (Å²) in [6.07, 6.45) is 15.1. The first-order chi connectivity index (χ1) is 13.2. The van der Waals surface area contributed by atoms with Gasteiger partial charge in [0.25, 0.3) is 0 Å². The second-order valence-electron chi connectivity index (χ2n) is 8.28. The van der Waals surface area contributed by atoms with Crippen molar-refractivity contribution in [2.75, 3.05) is 13.2 Å². The highest BCUT2D eigenvalue weighted by Crippen LogP contribution is 2.54. The van der Waals surface area contributed by atoms with Gasteiger partial charge in [-0.15, -0.1) is 0 Å². The second-order valence-corrected chi connectivity index (χ2v) is 8.28. The van der Waals surface area contributed by atoms with Gasteiger partial charge in [0.2, 0.25) is 0 Å². The minimum Gasteiger partial charge on any atom is -0.492 e. The molecule has 4 aliphatic rings. The molecule has 27 heavy (non-hydrogen) atoms. The van der Waals surface area contributed by atoms with E-state index in [4.69, 9.17) is 23.7 Å². The average molecular weight is 379 g/mol.